The molecular formula is C9H21N3. The number of nitrogens with one attached hydrogen (secondary N) is 1. The Labute approximate surface area is 75.9 Å². The predicted octanol–water partition coefficient (Wildman–Crippen LogP) is 1.60. The number of nitrogens with zero attached hydrogens (tertiary/aromatic N) is 2. The van der Waals surface area contributed by atoms with Gasteiger partial charge in [-0.2, -0.15) is 0 Å². The quantitative estimate of drug-likeness (QED) is 0.443. The molecule has 0 aromatic carbocycles. The van der Waals surface area contributed by atoms with E-state index in [9.17, 15) is 0 Å². The lowest BCUT2D eigenvalue weighted by molar-refractivity contribution is 0.478. The SMILES string of the molecule is C1CCC1.CN(C)C(=N)N(C)C. The molecule has 0 heterocycles. The van der Waals surface area contributed by atoms with E-state index >= 15 is 0 Å². The molecule has 3 nitrogen and oxygen atoms in total. The first-order valence-electron chi connectivity index (χ1n) is 4.49. The zero-order chi connectivity index (χ0) is 9.56. The van der Waals surface area contributed by atoms with E-state index < -0.39 is 0 Å². The highest BCUT2D eigenvalue weighted by atomic mass is 15.3. The topological polar surface area (TPSA) is 30.3 Å². The van der Waals surface area contributed by atoms with Gasteiger partial charge in [-0.1, -0.05) is 25.7 Å². The van der Waals surface area contributed by atoms with Crippen molar-refractivity contribution in [3.8, 4) is 0 Å². The molecule has 1 aliphatic carbocycles. The maximum atomic E-state index is 7.25. The van der Waals surface area contributed by atoms with Gasteiger partial charge >= 0.3 is 0 Å². The Morgan fingerprint density at radius 1 is 0.833 bits per heavy atom. The van der Waals surface area contributed by atoms with Crippen LogP contribution < -0.4 is 0 Å². The maximum absolute atomic E-state index is 7.25. The second kappa shape index (κ2) is 5.86. The van der Waals surface area contributed by atoms with E-state index in [4.69, 9.17) is 5.41 Å². The first-order chi connectivity index (χ1) is 5.55. The van der Waals surface area contributed by atoms with E-state index in [0.717, 1.165) is 0 Å². The molecule has 0 spiro atoms. The van der Waals surface area contributed by atoms with Crippen LogP contribution in [0.25, 0.3) is 0 Å². The van der Waals surface area contributed by atoms with Crippen molar-refractivity contribution in [3.63, 3.8) is 0 Å². The Balaban J connectivity index is 0.000000247. The Morgan fingerprint density at radius 3 is 1.08 bits per heavy atom. The van der Waals surface area contributed by atoms with Crippen LogP contribution >= 0.6 is 0 Å². The van der Waals surface area contributed by atoms with Crippen molar-refractivity contribution in [3.05, 3.63) is 0 Å². The van der Waals surface area contributed by atoms with E-state index in [-0.39, 0.29) is 0 Å². The normalized spacial score (nSPS) is 13.7. The molecule has 0 bridgehead atoms. The highest BCUT2D eigenvalue weighted by molar-refractivity contribution is 5.75. The summed E-state index contributed by atoms with van der Waals surface area (Å²) in [6.07, 6.45) is 6.00. The van der Waals surface area contributed by atoms with Gasteiger partial charge < -0.3 is 9.80 Å². The van der Waals surface area contributed by atoms with Crippen LogP contribution in [0.3, 0.4) is 0 Å². The highest BCUT2D eigenvalue weighted by Crippen LogP contribution is 2.15. The fourth-order valence-electron chi connectivity index (χ4n) is 0.650. The molecular weight excluding hydrogens is 150 g/mol. The molecule has 0 unspecified atom stereocenters. The summed E-state index contributed by atoms with van der Waals surface area (Å²) in [5, 5.41) is 7.25. The van der Waals surface area contributed by atoms with Crippen molar-refractivity contribution in [2.45, 2.75) is 25.7 Å². The Kier molecular flexibility index (Phi) is 5.51. The molecule has 0 aromatic rings. The van der Waals surface area contributed by atoms with Crippen LogP contribution in [-0.4, -0.2) is 44.0 Å². The van der Waals surface area contributed by atoms with Gasteiger partial charge in [0.25, 0.3) is 0 Å². The summed E-state index contributed by atoms with van der Waals surface area (Å²) in [5.41, 5.74) is 0. The van der Waals surface area contributed by atoms with Gasteiger partial charge in [-0.25, -0.2) is 0 Å². The standard InChI is InChI=1S/C5H13N3.C4H8/c1-7(2)5(6)8(3)4;1-2-4-3-1/h6H,1-4H3;1-4H2. The smallest absolute Gasteiger partial charge is 0.192 e. The Morgan fingerprint density at radius 2 is 1.08 bits per heavy atom. The summed E-state index contributed by atoms with van der Waals surface area (Å²) < 4.78 is 0. The minimum absolute atomic E-state index is 0.519. The van der Waals surface area contributed by atoms with Crippen molar-refractivity contribution in [2.75, 3.05) is 28.2 Å². The van der Waals surface area contributed by atoms with Crippen molar-refractivity contribution < 1.29 is 0 Å². The zero-order valence-electron chi connectivity index (χ0n) is 8.72. The number of hydrogen-bond donors (Lipinski definition) is 1. The molecule has 72 valence electrons. The Bertz CT molecular complexity index is 112. The van der Waals surface area contributed by atoms with Crippen molar-refractivity contribution in [1.29, 1.82) is 5.41 Å². The summed E-state index contributed by atoms with van der Waals surface area (Å²) in [6, 6.07) is 0. The van der Waals surface area contributed by atoms with E-state index in [1.165, 1.54) is 25.7 Å². The van der Waals surface area contributed by atoms with Gasteiger partial charge in [-0.3, -0.25) is 5.41 Å². The van der Waals surface area contributed by atoms with Gasteiger partial charge in [0.2, 0.25) is 0 Å². The molecule has 12 heavy (non-hydrogen) atoms. The van der Waals surface area contributed by atoms with Gasteiger partial charge in [-0.05, 0) is 0 Å². The summed E-state index contributed by atoms with van der Waals surface area (Å²) >= 11 is 0. The molecule has 1 saturated carbocycles. The monoisotopic (exact) mass is 171 g/mol. The molecule has 0 aromatic heterocycles. The molecule has 0 atom stereocenters. The number of guanidine groups is 1. The third-order valence-electron chi connectivity index (χ3n) is 1.85. The second-order valence-corrected chi connectivity index (χ2v) is 3.53. The van der Waals surface area contributed by atoms with Crippen LogP contribution in [0.2, 0.25) is 0 Å². The second-order valence-electron chi connectivity index (χ2n) is 3.53. The van der Waals surface area contributed by atoms with Crippen LogP contribution in [0.15, 0.2) is 0 Å². The minimum Gasteiger partial charge on any atom is -0.349 e. The van der Waals surface area contributed by atoms with E-state index in [2.05, 4.69) is 0 Å². The van der Waals surface area contributed by atoms with Crippen LogP contribution in [-0.2, 0) is 0 Å². The molecule has 1 N–H and O–H groups in total. The molecule has 1 rings (SSSR count). The first-order valence-corrected chi connectivity index (χ1v) is 4.49. The van der Waals surface area contributed by atoms with Crippen LogP contribution in [0.1, 0.15) is 25.7 Å². The van der Waals surface area contributed by atoms with Gasteiger partial charge in [0.1, 0.15) is 0 Å². The Hall–Kier alpha value is -0.730. The fraction of sp³-hybridized carbons (Fsp3) is 0.889. The van der Waals surface area contributed by atoms with Crippen molar-refractivity contribution >= 4 is 5.96 Å². The van der Waals surface area contributed by atoms with Gasteiger partial charge in [-0.15, -0.1) is 0 Å². The average molecular weight is 171 g/mol. The molecule has 0 aliphatic heterocycles. The maximum Gasteiger partial charge on any atom is 0.192 e. The molecule has 1 aliphatic rings. The van der Waals surface area contributed by atoms with Crippen LogP contribution in [0, 0.1) is 5.41 Å². The lowest BCUT2D eigenvalue weighted by atomic mass is 10.0. The molecule has 0 saturated heterocycles. The number of rotatable bonds is 0. The average Bonchev–Trinajstić information content (AvgIpc) is 1.81. The third kappa shape index (κ3) is 4.99. The number of hydrogen-bond acceptors (Lipinski definition) is 1. The van der Waals surface area contributed by atoms with E-state index in [0.29, 0.717) is 5.96 Å². The summed E-state index contributed by atoms with van der Waals surface area (Å²) in [7, 11) is 7.40. The predicted molar refractivity (Wildman–Crippen MR) is 53.6 cm³/mol. The minimum atomic E-state index is 0.519. The van der Waals surface area contributed by atoms with Crippen molar-refractivity contribution in [1.82, 2.24) is 9.80 Å². The van der Waals surface area contributed by atoms with E-state index in [1.807, 2.05) is 28.2 Å². The molecule has 0 radical (unpaired) electrons. The van der Waals surface area contributed by atoms with Crippen LogP contribution in [0.4, 0.5) is 0 Å². The van der Waals surface area contributed by atoms with Crippen LogP contribution in [0.5, 0.6) is 0 Å². The van der Waals surface area contributed by atoms with Crippen molar-refractivity contribution in [2.24, 2.45) is 0 Å². The van der Waals surface area contributed by atoms with E-state index in [1.54, 1.807) is 9.80 Å². The van der Waals surface area contributed by atoms with Gasteiger partial charge in [0, 0.05) is 28.2 Å². The highest BCUT2D eigenvalue weighted by Gasteiger charge is 1.97. The largest absolute Gasteiger partial charge is 0.349 e. The van der Waals surface area contributed by atoms with Gasteiger partial charge in [0.15, 0.2) is 5.96 Å². The lowest BCUT2D eigenvalue weighted by Crippen LogP contribution is -2.34. The molecule has 0 amide bonds. The van der Waals surface area contributed by atoms with Gasteiger partial charge in [0.05, 0.1) is 0 Å². The first kappa shape index (κ1) is 11.3. The third-order valence-corrected chi connectivity index (χ3v) is 1.85. The lowest BCUT2D eigenvalue weighted by Gasteiger charge is -2.19. The summed E-state index contributed by atoms with van der Waals surface area (Å²) in [6.45, 7) is 0. The summed E-state index contributed by atoms with van der Waals surface area (Å²) in [5.74, 6) is 0.519. The fourth-order valence-corrected chi connectivity index (χ4v) is 0.650. The molecule has 3 heteroatoms. The molecule has 1 fully saturated rings. The zero-order valence-corrected chi connectivity index (χ0v) is 8.72. The summed E-state index contributed by atoms with van der Waals surface area (Å²) in [4.78, 5) is 3.50.